The number of hydrogen-bond donors (Lipinski definition) is 1. The van der Waals surface area contributed by atoms with Gasteiger partial charge in [-0.2, -0.15) is 0 Å². The minimum Gasteiger partial charge on any atom is -0.342 e. The molecule has 17 heavy (non-hydrogen) atoms. The quantitative estimate of drug-likeness (QED) is 0.811. The molecule has 2 heterocycles. The van der Waals surface area contributed by atoms with Gasteiger partial charge in [-0.1, -0.05) is 13.8 Å². The summed E-state index contributed by atoms with van der Waals surface area (Å²) in [6.07, 6.45) is 4.47. The van der Waals surface area contributed by atoms with Crippen molar-refractivity contribution in [2.45, 2.75) is 39.5 Å². The number of piperidine rings is 1. The number of likely N-dealkylation sites (tertiary alicyclic amines) is 1. The molecule has 3 nitrogen and oxygen atoms in total. The second kappa shape index (κ2) is 5.85. The molecule has 1 atom stereocenters. The third-order valence-electron chi connectivity index (χ3n) is 4.04. The van der Waals surface area contributed by atoms with Crippen molar-refractivity contribution in [3.63, 3.8) is 0 Å². The minimum absolute atomic E-state index is 0.397. The molecule has 3 heteroatoms. The summed E-state index contributed by atoms with van der Waals surface area (Å²) in [5.74, 6) is 2.46. The van der Waals surface area contributed by atoms with Gasteiger partial charge in [0.2, 0.25) is 5.91 Å². The molecule has 2 aliphatic heterocycles. The summed E-state index contributed by atoms with van der Waals surface area (Å²) in [6, 6.07) is 0. The van der Waals surface area contributed by atoms with E-state index in [1.54, 1.807) is 0 Å². The normalized spacial score (nSPS) is 27.1. The van der Waals surface area contributed by atoms with Crippen molar-refractivity contribution in [2.75, 3.05) is 26.2 Å². The number of carbonyl (C=O) groups is 1. The molecule has 0 spiro atoms. The van der Waals surface area contributed by atoms with E-state index in [1.165, 1.54) is 19.3 Å². The number of nitrogens with zero attached hydrogens (tertiary/aromatic N) is 1. The zero-order valence-corrected chi connectivity index (χ0v) is 11.2. The lowest BCUT2D eigenvalue weighted by Gasteiger charge is -2.27. The molecule has 1 N–H and O–H groups in total. The average Bonchev–Trinajstić information content (AvgIpc) is 2.59. The highest BCUT2D eigenvalue weighted by Gasteiger charge is 2.31. The maximum atomic E-state index is 12.0. The molecule has 0 aromatic heterocycles. The van der Waals surface area contributed by atoms with Gasteiger partial charge in [0.25, 0.3) is 0 Å². The third-order valence-corrected chi connectivity index (χ3v) is 4.04. The van der Waals surface area contributed by atoms with Gasteiger partial charge in [-0.25, -0.2) is 0 Å². The zero-order valence-electron chi connectivity index (χ0n) is 11.2. The van der Waals surface area contributed by atoms with Crippen LogP contribution in [-0.4, -0.2) is 37.0 Å². The molecule has 0 unspecified atom stereocenters. The van der Waals surface area contributed by atoms with E-state index in [0.717, 1.165) is 38.5 Å². The summed E-state index contributed by atoms with van der Waals surface area (Å²) < 4.78 is 0. The van der Waals surface area contributed by atoms with Crippen LogP contribution in [0.25, 0.3) is 0 Å². The SMILES string of the molecule is CC(C)C[C@@H]1CC(=O)N(CC2CCNCC2)C1. The number of nitrogens with one attached hydrogen (secondary N) is 1. The number of amides is 1. The Bertz CT molecular complexity index is 259. The molecule has 2 saturated heterocycles. The van der Waals surface area contributed by atoms with Crippen molar-refractivity contribution in [1.29, 1.82) is 0 Å². The van der Waals surface area contributed by atoms with Crippen LogP contribution in [0.3, 0.4) is 0 Å². The van der Waals surface area contributed by atoms with E-state index in [0.29, 0.717) is 17.7 Å². The van der Waals surface area contributed by atoms with Crippen molar-refractivity contribution < 1.29 is 4.79 Å². The van der Waals surface area contributed by atoms with Gasteiger partial charge < -0.3 is 10.2 Å². The van der Waals surface area contributed by atoms with E-state index in [9.17, 15) is 4.79 Å². The van der Waals surface area contributed by atoms with Crippen molar-refractivity contribution >= 4 is 5.91 Å². The van der Waals surface area contributed by atoms with E-state index >= 15 is 0 Å². The van der Waals surface area contributed by atoms with Gasteiger partial charge in [0.05, 0.1) is 0 Å². The van der Waals surface area contributed by atoms with E-state index in [-0.39, 0.29) is 0 Å². The van der Waals surface area contributed by atoms with Crippen molar-refractivity contribution in [3.8, 4) is 0 Å². The lowest BCUT2D eigenvalue weighted by molar-refractivity contribution is -0.128. The second-order valence-corrected chi connectivity index (χ2v) is 6.19. The van der Waals surface area contributed by atoms with E-state index < -0.39 is 0 Å². The summed E-state index contributed by atoms with van der Waals surface area (Å²) in [5.41, 5.74) is 0. The van der Waals surface area contributed by atoms with Crippen LogP contribution in [0.2, 0.25) is 0 Å². The van der Waals surface area contributed by atoms with Crippen molar-refractivity contribution in [3.05, 3.63) is 0 Å². The zero-order chi connectivity index (χ0) is 12.3. The Kier molecular flexibility index (Phi) is 4.43. The van der Waals surface area contributed by atoms with E-state index in [2.05, 4.69) is 24.1 Å². The smallest absolute Gasteiger partial charge is 0.222 e. The van der Waals surface area contributed by atoms with Gasteiger partial charge in [-0.15, -0.1) is 0 Å². The lowest BCUT2D eigenvalue weighted by atomic mass is 9.96. The molecule has 0 aromatic carbocycles. The number of carbonyl (C=O) groups excluding carboxylic acids is 1. The standard InChI is InChI=1S/C14H26N2O/c1-11(2)7-13-8-14(17)16(10-13)9-12-3-5-15-6-4-12/h11-13,15H,3-10H2,1-2H3/t13-/m1/s1. The molecule has 0 aliphatic carbocycles. The topological polar surface area (TPSA) is 32.3 Å². The van der Waals surface area contributed by atoms with E-state index in [4.69, 9.17) is 0 Å². The van der Waals surface area contributed by atoms with Gasteiger partial charge in [0.15, 0.2) is 0 Å². The highest BCUT2D eigenvalue weighted by molar-refractivity contribution is 5.78. The van der Waals surface area contributed by atoms with Crippen LogP contribution in [0, 0.1) is 17.8 Å². The Morgan fingerprint density at radius 2 is 2.00 bits per heavy atom. The molecular formula is C14H26N2O. The molecule has 2 aliphatic rings. The van der Waals surface area contributed by atoms with Crippen molar-refractivity contribution in [1.82, 2.24) is 10.2 Å². The largest absolute Gasteiger partial charge is 0.342 e. The molecule has 1 amide bonds. The molecule has 0 radical (unpaired) electrons. The summed E-state index contributed by atoms with van der Waals surface area (Å²) in [4.78, 5) is 14.1. The Morgan fingerprint density at radius 1 is 1.29 bits per heavy atom. The highest BCUT2D eigenvalue weighted by atomic mass is 16.2. The summed E-state index contributed by atoms with van der Waals surface area (Å²) >= 11 is 0. The lowest BCUT2D eigenvalue weighted by Crippen LogP contribution is -2.37. The van der Waals surface area contributed by atoms with Crippen LogP contribution in [0.5, 0.6) is 0 Å². The molecule has 0 saturated carbocycles. The Balaban J connectivity index is 1.79. The van der Waals surface area contributed by atoms with E-state index in [1.807, 2.05) is 0 Å². The van der Waals surface area contributed by atoms with Crippen LogP contribution in [0.4, 0.5) is 0 Å². The first kappa shape index (κ1) is 12.9. The fourth-order valence-corrected chi connectivity index (χ4v) is 3.23. The predicted molar refractivity (Wildman–Crippen MR) is 69.7 cm³/mol. The molecule has 2 fully saturated rings. The highest BCUT2D eigenvalue weighted by Crippen LogP contribution is 2.26. The number of hydrogen-bond acceptors (Lipinski definition) is 2. The van der Waals surface area contributed by atoms with Crippen LogP contribution in [-0.2, 0) is 4.79 Å². The molecule has 2 rings (SSSR count). The van der Waals surface area contributed by atoms with Gasteiger partial charge in [0, 0.05) is 19.5 Å². The Hall–Kier alpha value is -0.570. The summed E-state index contributed by atoms with van der Waals surface area (Å²) in [7, 11) is 0. The first-order valence-electron chi connectivity index (χ1n) is 7.13. The van der Waals surface area contributed by atoms with Gasteiger partial charge in [0.1, 0.15) is 0 Å². The third kappa shape index (κ3) is 3.70. The summed E-state index contributed by atoms with van der Waals surface area (Å²) in [5, 5.41) is 3.38. The maximum Gasteiger partial charge on any atom is 0.222 e. The molecule has 98 valence electrons. The second-order valence-electron chi connectivity index (χ2n) is 6.19. The fourth-order valence-electron chi connectivity index (χ4n) is 3.23. The number of rotatable bonds is 4. The van der Waals surface area contributed by atoms with Crippen molar-refractivity contribution in [2.24, 2.45) is 17.8 Å². The Labute approximate surface area is 105 Å². The molecular weight excluding hydrogens is 212 g/mol. The van der Waals surface area contributed by atoms with Gasteiger partial charge in [-0.05, 0) is 50.1 Å². The first-order valence-corrected chi connectivity index (χ1v) is 7.13. The predicted octanol–water partition coefficient (Wildman–Crippen LogP) is 1.88. The summed E-state index contributed by atoms with van der Waals surface area (Å²) in [6.45, 7) is 8.78. The maximum absolute atomic E-state index is 12.0. The molecule has 0 aromatic rings. The monoisotopic (exact) mass is 238 g/mol. The Morgan fingerprint density at radius 3 is 2.65 bits per heavy atom. The van der Waals surface area contributed by atoms with Crippen LogP contribution in [0.15, 0.2) is 0 Å². The van der Waals surface area contributed by atoms with Crippen LogP contribution >= 0.6 is 0 Å². The van der Waals surface area contributed by atoms with Crippen LogP contribution < -0.4 is 5.32 Å². The van der Waals surface area contributed by atoms with Gasteiger partial charge >= 0.3 is 0 Å². The van der Waals surface area contributed by atoms with Gasteiger partial charge in [-0.3, -0.25) is 4.79 Å². The average molecular weight is 238 g/mol. The molecule has 0 bridgehead atoms. The first-order chi connectivity index (χ1) is 8.15. The minimum atomic E-state index is 0.397. The fraction of sp³-hybridized carbons (Fsp3) is 0.929. The van der Waals surface area contributed by atoms with Crippen LogP contribution in [0.1, 0.15) is 39.5 Å².